The van der Waals surface area contributed by atoms with E-state index in [0.29, 0.717) is 30.5 Å². The third kappa shape index (κ3) is 4.51. The number of benzene rings is 2. The van der Waals surface area contributed by atoms with Gasteiger partial charge in [-0.25, -0.2) is 4.79 Å². The van der Waals surface area contributed by atoms with Crippen molar-refractivity contribution in [2.24, 2.45) is 0 Å². The van der Waals surface area contributed by atoms with E-state index >= 15 is 0 Å². The molecule has 1 amide bonds. The summed E-state index contributed by atoms with van der Waals surface area (Å²) in [7, 11) is 0. The van der Waals surface area contributed by atoms with E-state index in [4.69, 9.17) is 5.11 Å². The van der Waals surface area contributed by atoms with Crippen molar-refractivity contribution in [3.63, 3.8) is 0 Å². The molecule has 0 heterocycles. The molecule has 2 aromatic carbocycles. The third-order valence-corrected chi connectivity index (χ3v) is 4.32. The first-order chi connectivity index (χ1) is 13.2. The number of carboxylic acids is 1. The topological polar surface area (TPSA) is 75.6 Å². The maximum Gasteiger partial charge on any atom is 0.573 e. The van der Waals surface area contributed by atoms with E-state index in [9.17, 15) is 22.8 Å². The number of carbonyl (C=O) groups excluding carboxylic acids is 1. The van der Waals surface area contributed by atoms with Crippen LogP contribution in [0.25, 0.3) is 11.1 Å². The number of nitrogens with one attached hydrogen (secondary N) is 1. The number of carboxylic acid groups (broad SMARTS) is 1. The predicted molar refractivity (Wildman–Crippen MR) is 95.7 cm³/mol. The molecule has 0 aliphatic heterocycles. The summed E-state index contributed by atoms with van der Waals surface area (Å²) >= 11 is 0. The second-order valence-corrected chi connectivity index (χ2v) is 6.19. The predicted octanol–water partition coefficient (Wildman–Crippen LogP) is 4.76. The van der Waals surface area contributed by atoms with Gasteiger partial charge in [-0.2, -0.15) is 0 Å². The Morgan fingerprint density at radius 2 is 1.61 bits per heavy atom. The number of halogens is 3. The Kier molecular flexibility index (Phi) is 5.39. The van der Waals surface area contributed by atoms with Gasteiger partial charge in [0.05, 0.1) is 0 Å². The van der Waals surface area contributed by atoms with Crippen LogP contribution in [-0.2, 0) is 9.59 Å². The highest BCUT2D eigenvalue weighted by molar-refractivity contribution is 6.09. The lowest BCUT2D eigenvalue weighted by molar-refractivity contribution is -0.274. The molecule has 1 aliphatic rings. The number of rotatable bonds is 5. The maximum atomic E-state index is 12.6. The van der Waals surface area contributed by atoms with Gasteiger partial charge in [0.2, 0.25) is 0 Å². The molecule has 146 valence electrons. The van der Waals surface area contributed by atoms with Crippen molar-refractivity contribution < 1.29 is 32.6 Å². The molecule has 5 nitrogen and oxygen atoms in total. The molecule has 0 unspecified atom stereocenters. The highest BCUT2D eigenvalue weighted by Gasteiger charge is 2.32. The third-order valence-electron chi connectivity index (χ3n) is 4.32. The van der Waals surface area contributed by atoms with Crippen LogP contribution in [-0.4, -0.2) is 23.3 Å². The van der Waals surface area contributed by atoms with Gasteiger partial charge in [0, 0.05) is 22.4 Å². The monoisotopic (exact) mass is 391 g/mol. The van der Waals surface area contributed by atoms with Gasteiger partial charge in [0.25, 0.3) is 5.91 Å². The Labute approximate surface area is 158 Å². The molecule has 28 heavy (non-hydrogen) atoms. The molecule has 0 bridgehead atoms. The molecule has 2 N–H and O–H groups in total. The fraction of sp³-hybridized carbons (Fsp3) is 0.200. The van der Waals surface area contributed by atoms with Gasteiger partial charge in [0.1, 0.15) is 5.75 Å². The first-order valence-electron chi connectivity index (χ1n) is 8.46. The van der Waals surface area contributed by atoms with Crippen molar-refractivity contribution in [3.05, 3.63) is 59.7 Å². The Balaban J connectivity index is 1.79. The molecular weight excluding hydrogens is 375 g/mol. The van der Waals surface area contributed by atoms with E-state index in [0.717, 1.165) is 0 Å². The van der Waals surface area contributed by atoms with Crippen molar-refractivity contribution in [1.29, 1.82) is 0 Å². The molecule has 0 radical (unpaired) electrons. The largest absolute Gasteiger partial charge is 0.573 e. The van der Waals surface area contributed by atoms with Crippen LogP contribution >= 0.6 is 0 Å². The van der Waals surface area contributed by atoms with Crippen LogP contribution in [0.4, 0.5) is 18.9 Å². The van der Waals surface area contributed by atoms with E-state index in [1.54, 1.807) is 18.2 Å². The van der Waals surface area contributed by atoms with Crippen LogP contribution in [0.2, 0.25) is 0 Å². The number of ether oxygens (including phenoxy) is 1. The number of aliphatic carboxylic acids is 1. The summed E-state index contributed by atoms with van der Waals surface area (Å²) in [6.07, 6.45) is -3.44. The SMILES string of the molecule is O=C(O)C1=C(C(=O)Nc2ccc(-c3ccccc3OC(F)(F)F)cc2)CCC1. The molecular formula is C20H16F3NO4. The Morgan fingerprint density at radius 1 is 0.964 bits per heavy atom. The smallest absolute Gasteiger partial charge is 0.478 e. The van der Waals surface area contributed by atoms with Crippen molar-refractivity contribution in [2.75, 3.05) is 5.32 Å². The van der Waals surface area contributed by atoms with E-state index in [2.05, 4.69) is 10.1 Å². The minimum atomic E-state index is -4.80. The molecule has 2 aromatic rings. The quantitative estimate of drug-likeness (QED) is 0.771. The standard InChI is InChI=1S/C20H16F3NO4/c21-20(22,23)28-17-7-2-1-4-14(17)12-8-10-13(11-9-12)24-18(25)15-5-3-6-16(15)19(26)27/h1-2,4,7-11H,3,5-6H2,(H,24,25)(H,26,27). The zero-order chi connectivity index (χ0) is 20.3. The van der Waals surface area contributed by atoms with Gasteiger partial charge < -0.3 is 15.2 Å². The summed E-state index contributed by atoms with van der Waals surface area (Å²) in [5.41, 5.74) is 1.51. The minimum Gasteiger partial charge on any atom is -0.478 e. The number of carbonyl (C=O) groups is 2. The van der Waals surface area contributed by atoms with Gasteiger partial charge in [-0.05, 0) is 43.0 Å². The lowest BCUT2D eigenvalue weighted by Crippen LogP contribution is -2.17. The summed E-state index contributed by atoms with van der Waals surface area (Å²) in [4.78, 5) is 23.5. The highest BCUT2D eigenvalue weighted by atomic mass is 19.4. The molecule has 0 atom stereocenters. The normalized spacial score (nSPS) is 14.1. The molecule has 0 spiro atoms. The molecule has 0 fully saturated rings. The van der Waals surface area contributed by atoms with Crippen molar-refractivity contribution in [2.45, 2.75) is 25.6 Å². The minimum absolute atomic E-state index is 0.118. The summed E-state index contributed by atoms with van der Waals surface area (Å²) in [6, 6.07) is 11.9. The molecule has 0 saturated heterocycles. The first kappa shape index (κ1) is 19.5. The number of alkyl halides is 3. The van der Waals surface area contributed by atoms with Crippen LogP contribution < -0.4 is 10.1 Å². The molecule has 3 rings (SSSR count). The first-order valence-corrected chi connectivity index (χ1v) is 8.46. The number of hydrogen-bond donors (Lipinski definition) is 2. The van der Waals surface area contributed by atoms with Crippen LogP contribution in [0.15, 0.2) is 59.7 Å². The second kappa shape index (κ2) is 7.75. The zero-order valence-electron chi connectivity index (χ0n) is 14.5. The number of anilines is 1. The summed E-state index contributed by atoms with van der Waals surface area (Å²) in [5.74, 6) is -1.91. The van der Waals surface area contributed by atoms with Gasteiger partial charge >= 0.3 is 12.3 Å². The highest BCUT2D eigenvalue weighted by Crippen LogP contribution is 2.34. The van der Waals surface area contributed by atoms with Crippen molar-refractivity contribution in [1.82, 2.24) is 0 Å². The van der Waals surface area contributed by atoms with Gasteiger partial charge in [-0.15, -0.1) is 13.2 Å². The van der Waals surface area contributed by atoms with E-state index in [1.165, 1.54) is 30.3 Å². The Morgan fingerprint density at radius 3 is 2.25 bits per heavy atom. The maximum absolute atomic E-state index is 12.6. The fourth-order valence-corrected chi connectivity index (χ4v) is 3.09. The average molecular weight is 391 g/mol. The lowest BCUT2D eigenvalue weighted by atomic mass is 10.0. The van der Waals surface area contributed by atoms with E-state index in [1.807, 2.05) is 0 Å². The zero-order valence-corrected chi connectivity index (χ0v) is 14.5. The van der Waals surface area contributed by atoms with Gasteiger partial charge in [-0.1, -0.05) is 30.3 Å². The van der Waals surface area contributed by atoms with Gasteiger partial charge in [-0.3, -0.25) is 4.79 Å². The Hall–Kier alpha value is -3.29. The van der Waals surface area contributed by atoms with E-state index < -0.39 is 18.2 Å². The average Bonchev–Trinajstić information content (AvgIpc) is 3.12. The van der Waals surface area contributed by atoms with Gasteiger partial charge in [0.15, 0.2) is 0 Å². The van der Waals surface area contributed by atoms with Crippen LogP contribution in [0.1, 0.15) is 19.3 Å². The van der Waals surface area contributed by atoms with Crippen LogP contribution in [0.5, 0.6) is 5.75 Å². The summed E-state index contributed by atoms with van der Waals surface area (Å²) < 4.78 is 41.7. The van der Waals surface area contributed by atoms with Crippen LogP contribution in [0.3, 0.4) is 0 Å². The van der Waals surface area contributed by atoms with Crippen molar-refractivity contribution in [3.8, 4) is 16.9 Å². The Bertz CT molecular complexity index is 933. The summed E-state index contributed by atoms with van der Waals surface area (Å²) in [6.45, 7) is 0. The number of amides is 1. The summed E-state index contributed by atoms with van der Waals surface area (Å²) in [5, 5.41) is 11.8. The lowest BCUT2D eigenvalue weighted by Gasteiger charge is -2.14. The van der Waals surface area contributed by atoms with E-state index in [-0.39, 0.29) is 22.5 Å². The van der Waals surface area contributed by atoms with Crippen molar-refractivity contribution >= 4 is 17.6 Å². The second-order valence-electron chi connectivity index (χ2n) is 6.19. The fourth-order valence-electron chi connectivity index (χ4n) is 3.09. The molecule has 0 saturated carbocycles. The molecule has 8 heteroatoms. The molecule has 1 aliphatic carbocycles. The van der Waals surface area contributed by atoms with Crippen LogP contribution in [0, 0.1) is 0 Å². The molecule has 0 aromatic heterocycles. The number of para-hydroxylation sites is 1. The number of hydrogen-bond acceptors (Lipinski definition) is 3.